The van der Waals surface area contributed by atoms with Crippen molar-refractivity contribution in [2.24, 2.45) is 5.92 Å². The quantitative estimate of drug-likeness (QED) is 0.585. The maximum absolute atomic E-state index is 11.4. The van der Waals surface area contributed by atoms with Gasteiger partial charge in [0.2, 0.25) is 0 Å². The van der Waals surface area contributed by atoms with Crippen molar-refractivity contribution in [3.63, 3.8) is 0 Å². The molecule has 2 aromatic carbocycles. The summed E-state index contributed by atoms with van der Waals surface area (Å²) in [6, 6.07) is 16.2. The van der Waals surface area contributed by atoms with Crippen LogP contribution in [0.3, 0.4) is 0 Å². The molecule has 0 radical (unpaired) electrons. The lowest BCUT2D eigenvalue weighted by Crippen LogP contribution is -2.49. The van der Waals surface area contributed by atoms with Crippen LogP contribution < -0.4 is 0 Å². The smallest absolute Gasteiger partial charge is 0.311 e. The van der Waals surface area contributed by atoms with E-state index in [0.29, 0.717) is 0 Å². The standard InChI is InChI=1S/C20H19BrN4O2/c1-27-20(26)16-11-24(12-16)10-14-2-8-18(9-3-14)25-13-19(22-23-25)15-4-6-17(21)7-5-15/h2-9,13,16H,10-12H2,1H3. The first kappa shape index (κ1) is 17.9. The lowest BCUT2D eigenvalue weighted by atomic mass is 9.99. The average molecular weight is 427 g/mol. The number of esters is 1. The third kappa shape index (κ3) is 3.94. The molecule has 4 rings (SSSR count). The third-order valence-electron chi connectivity index (χ3n) is 4.73. The van der Waals surface area contributed by atoms with Crippen LogP contribution in [0.25, 0.3) is 16.9 Å². The molecule has 1 aromatic heterocycles. The maximum atomic E-state index is 11.4. The molecule has 2 heterocycles. The molecule has 0 N–H and O–H groups in total. The van der Waals surface area contributed by atoms with Gasteiger partial charge in [0.25, 0.3) is 0 Å². The molecule has 0 amide bonds. The summed E-state index contributed by atoms with van der Waals surface area (Å²) in [7, 11) is 1.44. The van der Waals surface area contributed by atoms with Crippen molar-refractivity contribution in [1.82, 2.24) is 19.9 Å². The molecule has 1 fully saturated rings. The van der Waals surface area contributed by atoms with Gasteiger partial charge >= 0.3 is 5.97 Å². The SMILES string of the molecule is COC(=O)C1CN(Cc2ccc(-n3cc(-c4ccc(Br)cc4)nn3)cc2)C1. The molecule has 0 atom stereocenters. The normalized spacial score (nSPS) is 14.7. The highest BCUT2D eigenvalue weighted by Gasteiger charge is 2.33. The second kappa shape index (κ2) is 7.62. The highest BCUT2D eigenvalue weighted by Crippen LogP contribution is 2.22. The molecule has 7 heteroatoms. The molecule has 0 spiro atoms. The number of likely N-dealkylation sites (tertiary alicyclic amines) is 1. The molecule has 27 heavy (non-hydrogen) atoms. The first-order chi connectivity index (χ1) is 13.1. The van der Waals surface area contributed by atoms with Crippen LogP contribution in [0.4, 0.5) is 0 Å². The monoisotopic (exact) mass is 426 g/mol. The lowest BCUT2D eigenvalue weighted by Gasteiger charge is -2.37. The van der Waals surface area contributed by atoms with E-state index in [4.69, 9.17) is 4.74 Å². The number of hydrogen-bond donors (Lipinski definition) is 0. The number of hydrogen-bond acceptors (Lipinski definition) is 5. The van der Waals surface area contributed by atoms with Gasteiger partial charge in [-0.05, 0) is 29.8 Å². The zero-order valence-corrected chi connectivity index (χ0v) is 16.5. The van der Waals surface area contributed by atoms with E-state index >= 15 is 0 Å². The summed E-state index contributed by atoms with van der Waals surface area (Å²) in [4.78, 5) is 13.7. The van der Waals surface area contributed by atoms with Gasteiger partial charge in [-0.25, -0.2) is 4.68 Å². The van der Waals surface area contributed by atoms with E-state index in [0.717, 1.165) is 41.1 Å². The molecule has 1 aliphatic heterocycles. The van der Waals surface area contributed by atoms with Gasteiger partial charge in [-0.3, -0.25) is 9.69 Å². The minimum atomic E-state index is -0.116. The van der Waals surface area contributed by atoms with Crippen LogP contribution in [0.2, 0.25) is 0 Å². The van der Waals surface area contributed by atoms with Gasteiger partial charge in [-0.15, -0.1) is 5.10 Å². The van der Waals surface area contributed by atoms with Gasteiger partial charge in [0.1, 0.15) is 5.69 Å². The summed E-state index contributed by atoms with van der Waals surface area (Å²) >= 11 is 3.44. The van der Waals surface area contributed by atoms with E-state index in [9.17, 15) is 4.79 Å². The molecule has 0 bridgehead atoms. The predicted molar refractivity (Wildman–Crippen MR) is 105 cm³/mol. The molecule has 1 aliphatic rings. The van der Waals surface area contributed by atoms with Gasteiger partial charge in [0, 0.05) is 29.7 Å². The summed E-state index contributed by atoms with van der Waals surface area (Å²) in [6.45, 7) is 2.34. The molecule has 0 saturated carbocycles. The minimum absolute atomic E-state index is 0.0152. The van der Waals surface area contributed by atoms with Crippen LogP contribution in [0.5, 0.6) is 0 Å². The summed E-state index contributed by atoms with van der Waals surface area (Å²) in [5.74, 6) is -0.101. The van der Waals surface area contributed by atoms with Crippen molar-refractivity contribution in [3.8, 4) is 16.9 Å². The number of benzene rings is 2. The fourth-order valence-electron chi connectivity index (χ4n) is 3.17. The Morgan fingerprint density at radius 1 is 1.15 bits per heavy atom. The number of carbonyl (C=O) groups is 1. The average Bonchev–Trinajstić information content (AvgIpc) is 3.15. The molecule has 1 saturated heterocycles. The first-order valence-corrected chi connectivity index (χ1v) is 9.49. The highest BCUT2D eigenvalue weighted by atomic mass is 79.9. The largest absolute Gasteiger partial charge is 0.469 e. The Bertz CT molecular complexity index is 931. The summed E-state index contributed by atoms with van der Waals surface area (Å²) in [5, 5.41) is 8.50. The van der Waals surface area contributed by atoms with Gasteiger partial charge in [-0.1, -0.05) is 45.4 Å². The number of aromatic nitrogens is 3. The van der Waals surface area contributed by atoms with Crippen molar-refractivity contribution in [3.05, 3.63) is 64.8 Å². The van der Waals surface area contributed by atoms with E-state index in [-0.39, 0.29) is 11.9 Å². The Kier molecular flexibility index (Phi) is 5.05. The molecular formula is C20H19BrN4O2. The topological polar surface area (TPSA) is 60.2 Å². The second-order valence-corrected chi connectivity index (χ2v) is 7.55. The van der Waals surface area contributed by atoms with Crippen LogP contribution in [0.1, 0.15) is 5.56 Å². The Morgan fingerprint density at radius 2 is 1.85 bits per heavy atom. The molecule has 6 nitrogen and oxygen atoms in total. The predicted octanol–water partition coefficient (Wildman–Crippen LogP) is 3.30. The van der Waals surface area contributed by atoms with E-state index in [2.05, 4.69) is 43.3 Å². The van der Waals surface area contributed by atoms with Gasteiger partial charge in [-0.2, -0.15) is 0 Å². The number of rotatable bonds is 5. The molecule has 0 aliphatic carbocycles. The van der Waals surface area contributed by atoms with Crippen LogP contribution in [-0.4, -0.2) is 46.1 Å². The van der Waals surface area contributed by atoms with Crippen LogP contribution >= 0.6 is 15.9 Å². The highest BCUT2D eigenvalue weighted by molar-refractivity contribution is 9.10. The van der Waals surface area contributed by atoms with E-state index in [1.54, 1.807) is 4.68 Å². The number of carbonyl (C=O) groups excluding carboxylic acids is 1. The van der Waals surface area contributed by atoms with Gasteiger partial charge in [0.15, 0.2) is 0 Å². The lowest BCUT2D eigenvalue weighted by molar-refractivity contribution is -0.151. The Morgan fingerprint density at radius 3 is 2.52 bits per heavy atom. The second-order valence-electron chi connectivity index (χ2n) is 6.64. The zero-order chi connectivity index (χ0) is 18.8. The number of halogens is 1. The van der Waals surface area contributed by atoms with Crippen LogP contribution in [0, 0.1) is 5.92 Å². The van der Waals surface area contributed by atoms with Gasteiger partial charge in [0.05, 0.1) is 24.9 Å². The Balaban J connectivity index is 1.40. The van der Waals surface area contributed by atoms with Crippen molar-refractivity contribution in [1.29, 1.82) is 0 Å². The van der Waals surface area contributed by atoms with Crippen LogP contribution in [0.15, 0.2) is 59.2 Å². The van der Waals surface area contributed by atoms with E-state index < -0.39 is 0 Å². The number of ether oxygens (including phenoxy) is 1. The van der Waals surface area contributed by atoms with E-state index in [1.165, 1.54) is 12.7 Å². The van der Waals surface area contributed by atoms with E-state index in [1.807, 2.05) is 42.6 Å². The molecule has 3 aromatic rings. The Labute approximate surface area is 165 Å². The fourth-order valence-corrected chi connectivity index (χ4v) is 3.43. The van der Waals surface area contributed by atoms with Crippen molar-refractivity contribution < 1.29 is 9.53 Å². The summed E-state index contributed by atoms with van der Waals surface area (Å²) in [6.07, 6.45) is 1.93. The number of methoxy groups -OCH3 is 1. The third-order valence-corrected chi connectivity index (χ3v) is 5.26. The maximum Gasteiger partial charge on any atom is 0.311 e. The van der Waals surface area contributed by atoms with Crippen LogP contribution in [-0.2, 0) is 16.1 Å². The van der Waals surface area contributed by atoms with Gasteiger partial charge < -0.3 is 4.74 Å². The van der Waals surface area contributed by atoms with Crippen molar-refractivity contribution in [2.75, 3.05) is 20.2 Å². The Hall–Kier alpha value is -2.51. The summed E-state index contributed by atoms with van der Waals surface area (Å²) in [5.41, 5.74) is 4.03. The minimum Gasteiger partial charge on any atom is -0.469 e. The first-order valence-electron chi connectivity index (χ1n) is 8.70. The zero-order valence-electron chi connectivity index (χ0n) is 14.9. The number of nitrogens with zero attached hydrogens (tertiary/aromatic N) is 4. The molecule has 0 unspecified atom stereocenters. The fraction of sp³-hybridized carbons (Fsp3) is 0.250. The van der Waals surface area contributed by atoms with Crippen molar-refractivity contribution >= 4 is 21.9 Å². The molecule has 138 valence electrons. The molecular weight excluding hydrogens is 408 g/mol. The van der Waals surface area contributed by atoms with Crippen molar-refractivity contribution in [2.45, 2.75) is 6.54 Å². The summed E-state index contributed by atoms with van der Waals surface area (Å²) < 4.78 is 7.59.